The first-order valence-electron chi connectivity index (χ1n) is 6.00. The van der Waals surface area contributed by atoms with Gasteiger partial charge in [0.05, 0.1) is 5.56 Å². The molecule has 1 unspecified atom stereocenters. The SMILES string of the molecule is C=C(c1ccc(C(F)(F)F)cc1F)C1CC(=O)N(C)C1. The molecule has 0 aliphatic carbocycles. The maximum Gasteiger partial charge on any atom is 0.416 e. The zero-order valence-corrected chi connectivity index (χ0v) is 10.8. The fraction of sp³-hybridized carbons (Fsp3) is 0.357. The number of alkyl halides is 3. The van der Waals surface area contributed by atoms with Gasteiger partial charge in [-0.15, -0.1) is 0 Å². The molecule has 0 spiro atoms. The number of nitrogens with zero attached hydrogens (tertiary/aromatic N) is 1. The summed E-state index contributed by atoms with van der Waals surface area (Å²) in [6.45, 7) is 4.13. The van der Waals surface area contributed by atoms with Crippen LogP contribution in [0.1, 0.15) is 17.5 Å². The first-order chi connectivity index (χ1) is 9.20. The third-order valence-electron chi connectivity index (χ3n) is 3.48. The summed E-state index contributed by atoms with van der Waals surface area (Å²) in [4.78, 5) is 12.9. The minimum Gasteiger partial charge on any atom is -0.345 e. The number of carbonyl (C=O) groups excluding carboxylic acids is 1. The average molecular weight is 287 g/mol. The molecule has 108 valence electrons. The van der Waals surface area contributed by atoms with Gasteiger partial charge in [-0.05, 0) is 17.7 Å². The van der Waals surface area contributed by atoms with Crippen molar-refractivity contribution in [2.24, 2.45) is 5.92 Å². The Balaban J connectivity index is 2.26. The van der Waals surface area contributed by atoms with E-state index in [0.717, 1.165) is 12.1 Å². The van der Waals surface area contributed by atoms with Crippen molar-refractivity contribution in [3.05, 3.63) is 41.7 Å². The zero-order chi connectivity index (χ0) is 15.1. The third kappa shape index (κ3) is 2.69. The molecule has 1 aromatic rings. The van der Waals surface area contributed by atoms with Crippen LogP contribution in [0, 0.1) is 11.7 Å². The largest absolute Gasteiger partial charge is 0.416 e. The summed E-state index contributed by atoms with van der Waals surface area (Å²) in [5.41, 5.74) is -0.647. The molecule has 0 saturated carbocycles. The van der Waals surface area contributed by atoms with Crippen LogP contribution in [0.15, 0.2) is 24.8 Å². The van der Waals surface area contributed by atoms with E-state index in [1.54, 1.807) is 7.05 Å². The minimum absolute atomic E-state index is 0.0334. The summed E-state index contributed by atoms with van der Waals surface area (Å²) >= 11 is 0. The van der Waals surface area contributed by atoms with Crippen molar-refractivity contribution in [1.82, 2.24) is 4.90 Å². The standard InChI is InChI=1S/C14H13F4NO/c1-8(9-5-13(20)19(2)7-9)11-4-3-10(6-12(11)15)14(16,17)18/h3-4,6,9H,1,5,7H2,2H3. The Kier molecular flexibility index (Phi) is 3.58. The van der Waals surface area contributed by atoms with Gasteiger partial charge >= 0.3 is 6.18 Å². The number of likely N-dealkylation sites (tertiary alicyclic amines) is 1. The Hall–Kier alpha value is -1.85. The van der Waals surface area contributed by atoms with E-state index >= 15 is 0 Å². The van der Waals surface area contributed by atoms with Gasteiger partial charge in [0.1, 0.15) is 5.82 Å². The van der Waals surface area contributed by atoms with Crippen LogP contribution in [-0.4, -0.2) is 24.4 Å². The highest BCUT2D eigenvalue weighted by Crippen LogP contribution is 2.35. The Labute approximate surface area is 113 Å². The molecule has 20 heavy (non-hydrogen) atoms. The lowest BCUT2D eigenvalue weighted by molar-refractivity contribution is -0.137. The summed E-state index contributed by atoms with van der Waals surface area (Å²) in [6.07, 6.45) is -4.37. The molecule has 0 N–H and O–H groups in total. The van der Waals surface area contributed by atoms with Gasteiger partial charge in [0.2, 0.25) is 5.91 Å². The van der Waals surface area contributed by atoms with Crippen LogP contribution >= 0.6 is 0 Å². The number of amides is 1. The molecule has 1 amide bonds. The van der Waals surface area contributed by atoms with Crippen LogP contribution in [0.5, 0.6) is 0 Å². The highest BCUT2D eigenvalue weighted by molar-refractivity contribution is 5.82. The fourth-order valence-corrected chi connectivity index (χ4v) is 2.27. The molecular formula is C14H13F4NO. The van der Waals surface area contributed by atoms with Gasteiger partial charge in [0, 0.05) is 31.5 Å². The predicted molar refractivity (Wildman–Crippen MR) is 66.2 cm³/mol. The number of benzene rings is 1. The lowest BCUT2D eigenvalue weighted by atomic mass is 9.92. The Morgan fingerprint density at radius 2 is 2.05 bits per heavy atom. The van der Waals surface area contributed by atoms with E-state index in [9.17, 15) is 22.4 Å². The summed E-state index contributed by atoms with van der Waals surface area (Å²) in [6, 6.07) is 2.36. The van der Waals surface area contributed by atoms with E-state index in [0.29, 0.717) is 18.2 Å². The van der Waals surface area contributed by atoms with Crippen LogP contribution < -0.4 is 0 Å². The van der Waals surface area contributed by atoms with Crippen molar-refractivity contribution < 1.29 is 22.4 Å². The second-order valence-corrected chi connectivity index (χ2v) is 4.89. The van der Waals surface area contributed by atoms with Crippen molar-refractivity contribution in [3.63, 3.8) is 0 Å². The highest BCUT2D eigenvalue weighted by atomic mass is 19.4. The monoisotopic (exact) mass is 287 g/mol. The van der Waals surface area contributed by atoms with Crippen molar-refractivity contribution >= 4 is 11.5 Å². The lowest BCUT2D eigenvalue weighted by Gasteiger charge is -2.15. The Morgan fingerprint density at radius 1 is 1.40 bits per heavy atom. The van der Waals surface area contributed by atoms with Crippen LogP contribution in [0.3, 0.4) is 0 Å². The molecule has 1 atom stereocenters. The first-order valence-corrected chi connectivity index (χ1v) is 6.00. The molecule has 0 bridgehead atoms. The third-order valence-corrected chi connectivity index (χ3v) is 3.48. The van der Waals surface area contributed by atoms with E-state index in [1.807, 2.05) is 0 Å². The topological polar surface area (TPSA) is 20.3 Å². The van der Waals surface area contributed by atoms with Crippen molar-refractivity contribution in [3.8, 4) is 0 Å². The lowest BCUT2D eigenvalue weighted by Crippen LogP contribution is -2.19. The zero-order valence-electron chi connectivity index (χ0n) is 10.8. The Bertz CT molecular complexity index is 565. The van der Waals surface area contributed by atoms with E-state index in [2.05, 4.69) is 6.58 Å². The summed E-state index contributed by atoms with van der Waals surface area (Å²) in [5, 5.41) is 0. The summed E-state index contributed by atoms with van der Waals surface area (Å²) in [7, 11) is 1.62. The number of hydrogen-bond acceptors (Lipinski definition) is 1. The minimum atomic E-state index is -4.58. The van der Waals surface area contributed by atoms with Crippen molar-refractivity contribution in [1.29, 1.82) is 0 Å². The molecule has 1 aliphatic rings. The van der Waals surface area contributed by atoms with E-state index in [-0.39, 0.29) is 23.8 Å². The van der Waals surface area contributed by atoms with Crippen LogP contribution in [0.4, 0.5) is 17.6 Å². The normalized spacial score (nSPS) is 19.6. The second-order valence-electron chi connectivity index (χ2n) is 4.89. The molecule has 1 aromatic carbocycles. The van der Waals surface area contributed by atoms with Crippen LogP contribution in [0.2, 0.25) is 0 Å². The fourth-order valence-electron chi connectivity index (χ4n) is 2.27. The Morgan fingerprint density at radius 3 is 2.50 bits per heavy atom. The molecule has 2 nitrogen and oxygen atoms in total. The highest BCUT2D eigenvalue weighted by Gasteiger charge is 2.33. The van der Waals surface area contributed by atoms with Gasteiger partial charge < -0.3 is 4.90 Å². The van der Waals surface area contributed by atoms with Gasteiger partial charge in [-0.3, -0.25) is 4.79 Å². The van der Waals surface area contributed by atoms with Crippen LogP contribution in [-0.2, 0) is 11.0 Å². The molecule has 1 fully saturated rings. The number of carbonyl (C=O) groups is 1. The van der Waals surface area contributed by atoms with E-state index in [1.165, 1.54) is 4.90 Å². The van der Waals surface area contributed by atoms with E-state index < -0.39 is 17.6 Å². The average Bonchev–Trinajstić information content (AvgIpc) is 2.67. The number of rotatable bonds is 2. The molecule has 0 aromatic heterocycles. The van der Waals surface area contributed by atoms with Crippen LogP contribution in [0.25, 0.3) is 5.57 Å². The molecule has 1 heterocycles. The van der Waals surface area contributed by atoms with Crippen molar-refractivity contribution in [2.75, 3.05) is 13.6 Å². The first kappa shape index (κ1) is 14.6. The smallest absolute Gasteiger partial charge is 0.345 e. The van der Waals surface area contributed by atoms with Crippen molar-refractivity contribution in [2.45, 2.75) is 12.6 Å². The predicted octanol–water partition coefficient (Wildman–Crippen LogP) is 3.34. The molecule has 1 aliphatic heterocycles. The summed E-state index contributed by atoms with van der Waals surface area (Å²) in [5.74, 6) is -1.31. The summed E-state index contributed by atoms with van der Waals surface area (Å²) < 4.78 is 51.2. The van der Waals surface area contributed by atoms with E-state index in [4.69, 9.17) is 0 Å². The van der Waals surface area contributed by atoms with Gasteiger partial charge in [-0.25, -0.2) is 4.39 Å². The molecular weight excluding hydrogens is 274 g/mol. The quantitative estimate of drug-likeness (QED) is 0.764. The van der Waals surface area contributed by atoms with Gasteiger partial charge in [0.25, 0.3) is 0 Å². The number of hydrogen-bond donors (Lipinski definition) is 0. The number of halogens is 4. The second kappa shape index (κ2) is 4.92. The molecule has 0 radical (unpaired) electrons. The molecule has 6 heteroatoms. The maximum absolute atomic E-state index is 13.8. The molecule has 2 rings (SSSR count). The van der Waals surface area contributed by atoms with Gasteiger partial charge in [-0.1, -0.05) is 12.6 Å². The van der Waals surface area contributed by atoms with Gasteiger partial charge in [-0.2, -0.15) is 13.2 Å². The molecule has 1 saturated heterocycles. The van der Waals surface area contributed by atoms with Gasteiger partial charge in [0.15, 0.2) is 0 Å². The maximum atomic E-state index is 13.8.